The highest BCUT2D eigenvalue weighted by Crippen LogP contribution is 2.52. The second kappa shape index (κ2) is 16.2. The van der Waals surface area contributed by atoms with Gasteiger partial charge in [0.2, 0.25) is 0 Å². The maximum absolute atomic E-state index is 5.06. The van der Waals surface area contributed by atoms with Crippen molar-refractivity contribution in [3.63, 3.8) is 0 Å². The Labute approximate surface area is 404 Å². The van der Waals surface area contributed by atoms with Crippen molar-refractivity contribution in [3.05, 3.63) is 255 Å². The SMILES string of the molecule is c1ccc(-c2cc(N(c3ccc4ccccc4c3)c3ccc4ccccc4c3)c3ccc4c(-c5ccccn5)cc(N(c5ccc6ccccc6c5)c5ccc6ccccc6c5)c5ccc2c3c45)nc1. The van der Waals surface area contributed by atoms with Gasteiger partial charge in [-0.1, -0.05) is 158 Å². The van der Waals surface area contributed by atoms with E-state index in [1.54, 1.807) is 0 Å². The highest BCUT2D eigenvalue weighted by atomic mass is 15.2. The van der Waals surface area contributed by atoms with Gasteiger partial charge < -0.3 is 9.80 Å². The molecule has 0 bridgehead atoms. The van der Waals surface area contributed by atoms with Crippen molar-refractivity contribution in [2.45, 2.75) is 0 Å². The van der Waals surface area contributed by atoms with Crippen molar-refractivity contribution in [3.8, 4) is 22.5 Å². The Morgan fingerprint density at radius 1 is 0.243 bits per heavy atom. The van der Waals surface area contributed by atoms with Gasteiger partial charge in [-0.2, -0.15) is 0 Å². The molecule has 0 aliphatic carbocycles. The van der Waals surface area contributed by atoms with E-state index in [4.69, 9.17) is 9.97 Å². The van der Waals surface area contributed by atoms with Crippen molar-refractivity contribution < 1.29 is 0 Å². The maximum Gasteiger partial charge on any atom is 0.0708 e. The van der Waals surface area contributed by atoms with E-state index in [-0.39, 0.29) is 0 Å². The largest absolute Gasteiger partial charge is 0.310 e. The second-order valence-corrected chi connectivity index (χ2v) is 18.2. The monoisotopic (exact) mass is 890 g/mol. The van der Waals surface area contributed by atoms with Crippen LogP contribution in [0.15, 0.2) is 255 Å². The Morgan fingerprint density at radius 2 is 0.543 bits per heavy atom. The molecule has 326 valence electrons. The zero-order valence-corrected chi connectivity index (χ0v) is 38.0. The molecule has 2 aromatic heterocycles. The molecule has 0 aliphatic heterocycles. The molecule has 0 atom stereocenters. The average Bonchev–Trinajstić information content (AvgIpc) is 3.43. The van der Waals surface area contributed by atoms with Crippen molar-refractivity contribution in [2.75, 3.05) is 9.80 Å². The van der Waals surface area contributed by atoms with Gasteiger partial charge in [0.15, 0.2) is 0 Å². The van der Waals surface area contributed by atoms with Crippen LogP contribution in [0.3, 0.4) is 0 Å². The molecule has 0 saturated carbocycles. The van der Waals surface area contributed by atoms with Crippen LogP contribution in [0.25, 0.3) is 97.9 Å². The van der Waals surface area contributed by atoms with Crippen molar-refractivity contribution in [1.82, 2.24) is 9.97 Å². The highest BCUT2D eigenvalue weighted by Gasteiger charge is 2.26. The third kappa shape index (κ3) is 6.53. The zero-order valence-electron chi connectivity index (χ0n) is 38.0. The quantitative estimate of drug-likeness (QED) is 0.142. The summed E-state index contributed by atoms with van der Waals surface area (Å²) in [5, 5.41) is 16.4. The minimum Gasteiger partial charge on any atom is -0.310 e. The number of hydrogen-bond acceptors (Lipinski definition) is 4. The predicted molar refractivity (Wildman–Crippen MR) is 296 cm³/mol. The lowest BCUT2D eigenvalue weighted by atomic mass is 9.86. The zero-order chi connectivity index (χ0) is 46.1. The summed E-state index contributed by atoms with van der Waals surface area (Å²) in [5.74, 6) is 0. The molecule has 70 heavy (non-hydrogen) atoms. The molecule has 14 aromatic rings. The first-order valence-corrected chi connectivity index (χ1v) is 23.9. The minimum atomic E-state index is 0.915. The number of fused-ring (bicyclic) bond motifs is 4. The number of benzene rings is 12. The number of nitrogens with zero attached hydrogens (tertiary/aromatic N) is 4. The third-order valence-corrected chi connectivity index (χ3v) is 14.2. The number of pyridine rings is 2. The number of rotatable bonds is 8. The van der Waals surface area contributed by atoms with Crippen LogP contribution in [0, 0.1) is 0 Å². The van der Waals surface area contributed by atoms with E-state index in [1.807, 2.05) is 24.5 Å². The topological polar surface area (TPSA) is 32.3 Å². The molecule has 0 radical (unpaired) electrons. The third-order valence-electron chi connectivity index (χ3n) is 14.2. The molecular weight excluding hydrogens is 849 g/mol. The van der Waals surface area contributed by atoms with Gasteiger partial charge in [-0.25, -0.2) is 0 Å². The van der Waals surface area contributed by atoms with Gasteiger partial charge in [0.25, 0.3) is 0 Å². The normalized spacial score (nSPS) is 11.7. The van der Waals surface area contributed by atoms with Crippen LogP contribution >= 0.6 is 0 Å². The first-order chi connectivity index (χ1) is 34.7. The smallest absolute Gasteiger partial charge is 0.0708 e. The Bertz CT molecular complexity index is 3880. The Kier molecular flexibility index (Phi) is 9.17. The molecule has 0 saturated heterocycles. The average molecular weight is 891 g/mol. The molecule has 0 N–H and O–H groups in total. The van der Waals surface area contributed by atoms with Gasteiger partial charge in [0, 0.05) is 67.8 Å². The number of hydrogen-bond donors (Lipinski definition) is 0. The maximum atomic E-state index is 5.06. The fourth-order valence-electron chi connectivity index (χ4n) is 10.9. The summed E-state index contributed by atoms with van der Waals surface area (Å²) in [7, 11) is 0. The first-order valence-electron chi connectivity index (χ1n) is 23.9. The molecule has 4 nitrogen and oxygen atoms in total. The van der Waals surface area contributed by atoms with Gasteiger partial charge in [0.05, 0.1) is 22.8 Å². The summed E-state index contributed by atoms with van der Waals surface area (Å²) in [6, 6.07) is 88.3. The van der Waals surface area contributed by atoms with Gasteiger partial charge in [-0.05, 0) is 139 Å². The Hall–Kier alpha value is -9.38. The van der Waals surface area contributed by atoms with E-state index in [1.165, 1.54) is 53.9 Å². The minimum absolute atomic E-state index is 0.915. The summed E-state index contributed by atoms with van der Waals surface area (Å²) in [6.45, 7) is 0. The van der Waals surface area contributed by atoms with E-state index in [0.29, 0.717) is 0 Å². The number of aromatic nitrogens is 2. The molecule has 2 heterocycles. The molecule has 0 amide bonds. The van der Waals surface area contributed by atoms with E-state index in [9.17, 15) is 0 Å². The van der Waals surface area contributed by atoms with E-state index in [0.717, 1.165) is 78.2 Å². The van der Waals surface area contributed by atoms with Crippen molar-refractivity contribution in [2.24, 2.45) is 0 Å². The van der Waals surface area contributed by atoms with Crippen LogP contribution in [0.5, 0.6) is 0 Å². The van der Waals surface area contributed by atoms with Crippen LogP contribution in [0.4, 0.5) is 34.1 Å². The predicted octanol–water partition coefficient (Wildman–Crippen LogP) is 18.3. The van der Waals surface area contributed by atoms with Crippen molar-refractivity contribution >= 4 is 110 Å². The number of anilines is 6. The second-order valence-electron chi connectivity index (χ2n) is 18.2. The molecule has 4 heteroatoms. The molecule has 0 aliphatic rings. The molecule has 12 aromatic carbocycles. The molecule has 0 spiro atoms. The highest BCUT2D eigenvalue weighted by molar-refractivity contribution is 6.32. The fraction of sp³-hybridized carbons (Fsp3) is 0. The summed E-state index contributed by atoms with van der Waals surface area (Å²) < 4.78 is 0. The molecule has 0 unspecified atom stereocenters. The van der Waals surface area contributed by atoms with Crippen LogP contribution in [-0.2, 0) is 0 Å². The Morgan fingerprint density at radius 3 is 0.857 bits per heavy atom. The lowest BCUT2D eigenvalue weighted by Gasteiger charge is -2.31. The van der Waals surface area contributed by atoms with Gasteiger partial charge in [-0.3, -0.25) is 9.97 Å². The lowest BCUT2D eigenvalue weighted by molar-refractivity contribution is 1.30. The molecular formula is C66H42N4. The van der Waals surface area contributed by atoms with E-state index in [2.05, 4.69) is 240 Å². The van der Waals surface area contributed by atoms with Gasteiger partial charge in [0.1, 0.15) is 0 Å². The van der Waals surface area contributed by atoms with Crippen LogP contribution in [-0.4, -0.2) is 9.97 Å². The summed E-state index contributed by atoms with van der Waals surface area (Å²) >= 11 is 0. The van der Waals surface area contributed by atoms with E-state index >= 15 is 0 Å². The van der Waals surface area contributed by atoms with Gasteiger partial charge >= 0.3 is 0 Å². The van der Waals surface area contributed by atoms with Gasteiger partial charge in [-0.15, -0.1) is 0 Å². The molecule has 14 rings (SSSR count). The fourth-order valence-corrected chi connectivity index (χ4v) is 10.9. The summed E-state index contributed by atoms with van der Waals surface area (Å²) in [6.07, 6.45) is 3.80. The van der Waals surface area contributed by atoms with E-state index < -0.39 is 0 Å². The standard InChI is InChI=1S/C66H42N4/c1-5-17-47-37-51(27-23-43(47)13-1)69(52-28-24-44-14-2-6-18-48(44)38-52)63-41-59(61-21-9-11-35-67-61)55-32-34-58-64(42-60(62-22-10-12-36-68-62)56-31-33-57(63)65(55)66(56)58)70(53-29-25-45-15-3-7-19-49(45)39-53)54-30-26-46-16-4-8-20-50(46)40-54/h1-42H. The summed E-state index contributed by atoms with van der Waals surface area (Å²) in [5.41, 5.74) is 10.4. The summed E-state index contributed by atoms with van der Waals surface area (Å²) in [4.78, 5) is 15.0. The van der Waals surface area contributed by atoms with Crippen LogP contribution in [0.2, 0.25) is 0 Å². The molecule has 0 fully saturated rings. The van der Waals surface area contributed by atoms with Crippen molar-refractivity contribution in [1.29, 1.82) is 0 Å². The van der Waals surface area contributed by atoms with Crippen LogP contribution in [0.1, 0.15) is 0 Å². The first kappa shape index (κ1) is 39.8. The van der Waals surface area contributed by atoms with Crippen LogP contribution < -0.4 is 9.80 Å². The lowest BCUT2D eigenvalue weighted by Crippen LogP contribution is -2.12. The Balaban J connectivity index is 1.13.